The van der Waals surface area contributed by atoms with E-state index in [4.69, 9.17) is 14.2 Å². The number of carbonyl (C=O) groups excluding carboxylic acids is 1. The van der Waals surface area contributed by atoms with Crippen molar-refractivity contribution in [2.45, 2.75) is 76.9 Å². The van der Waals surface area contributed by atoms with Crippen molar-refractivity contribution in [3.05, 3.63) is 0 Å². The lowest BCUT2D eigenvalue weighted by atomic mass is 9.96. The van der Waals surface area contributed by atoms with Gasteiger partial charge in [0.25, 0.3) is 0 Å². The van der Waals surface area contributed by atoms with Crippen LogP contribution in [0.25, 0.3) is 0 Å². The maximum atomic E-state index is 12.4. The third-order valence-corrected chi connectivity index (χ3v) is 4.90. The van der Waals surface area contributed by atoms with Gasteiger partial charge < -0.3 is 29.5 Å². The standard InChI is InChI=1S/C18H34N2O5/c1-13(19-12-18(22)6-8-24-14(18)2)10-15-11-23-9-7-20(15)16(21)25-17(3,4)5/h13-15,19,22H,6-12H2,1-5H3. The first kappa shape index (κ1) is 20.4. The molecule has 1 amide bonds. The van der Waals surface area contributed by atoms with Crippen molar-refractivity contribution in [1.29, 1.82) is 0 Å². The SMILES string of the molecule is CC(CC1COCCN1C(=O)OC(C)(C)C)NCC1(O)CCOC1C. The summed E-state index contributed by atoms with van der Waals surface area (Å²) in [5.74, 6) is 0. The first-order chi connectivity index (χ1) is 11.6. The van der Waals surface area contributed by atoms with Crippen molar-refractivity contribution in [2.24, 2.45) is 0 Å². The van der Waals surface area contributed by atoms with Gasteiger partial charge in [-0.15, -0.1) is 0 Å². The lowest BCUT2D eigenvalue weighted by Crippen LogP contribution is -2.53. The minimum atomic E-state index is -0.817. The molecule has 2 aliphatic rings. The van der Waals surface area contributed by atoms with Gasteiger partial charge in [-0.25, -0.2) is 4.79 Å². The molecule has 0 aromatic carbocycles. The quantitative estimate of drug-likeness (QED) is 0.776. The molecule has 2 rings (SSSR count). The second kappa shape index (κ2) is 8.20. The lowest BCUT2D eigenvalue weighted by molar-refractivity contribution is -0.0394. The fourth-order valence-corrected chi connectivity index (χ4v) is 3.26. The Balaban J connectivity index is 1.86. The van der Waals surface area contributed by atoms with Gasteiger partial charge in [-0.1, -0.05) is 0 Å². The maximum Gasteiger partial charge on any atom is 0.410 e. The molecule has 0 bridgehead atoms. The summed E-state index contributed by atoms with van der Waals surface area (Å²) in [6, 6.07) is 0.103. The average molecular weight is 358 g/mol. The first-order valence-electron chi connectivity index (χ1n) is 9.25. The lowest BCUT2D eigenvalue weighted by Gasteiger charge is -2.38. The highest BCUT2D eigenvalue weighted by Gasteiger charge is 2.39. The van der Waals surface area contributed by atoms with E-state index in [-0.39, 0.29) is 24.3 Å². The minimum absolute atomic E-state index is 0.0296. The van der Waals surface area contributed by atoms with Gasteiger partial charge in [0.1, 0.15) is 11.2 Å². The van der Waals surface area contributed by atoms with Gasteiger partial charge in [0.2, 0.25) is 0 Å². The minimum Gasteiger partial charge on any atom is -0.444 e. The van der Waals surface area contributed by atoms with E-state index in [1.165, 1.54) is 0 Å². The van der Waals surface area contributed by atoms with Crippen LogP contribution in [-0.4, -0.2) is 78.4 Å². The molecule has 0 radical (unpaired) electrons. The monoisotopic (exact) mass is 358 g/mol. The molecule has 4 unspecified atom stereocenters. The predicted molar refractivity (Wildman–Crippen MR) is 94.6 cm³/mol. The molecule has 7 heteroatoms. The first-order valence-corrected chi connectivity index (χ1v) is 9.25. The van der Waals surface area contributed by atoms with E-state index in [1.54, 1.807) is 4.90 Å². The topological polar surface area (TPSA) is 80.3 Å². The number of hydrogen-bond acceptors (Lipinski definition) is 6. The van der Waals surface area contributed by atoms with Crippen molar-refractivity contribution >= 4 is 6.09 Å². The largest absolute Gasteiger partial charge is 0.444 e. The van der Waals surface area contributed by atoms with Gasteiger partial charge in [-0.2, -0.15) is 0 Å². The molecule has 146 valence electrons. The number of nitrogens with one attached hydrogen (secondary N) is 1. The summed E-state index contributed by atoms with van der Waals surface area (Å²) in [6.45, 7) is 12.2. The molecule has 0 aliphatic carbocycles. The van der Waals surface area contributed by atoms with E-state index in [1.807, 2.05) is 27.7 Å². The second-order valence-electron chi connectivity index (χ2n) is 8.29. The third-order valence-electron chi connectivity index (χ3n) is 4.90. The number of aliphatic hydroxyl groups is 1. The van der Waals surface area contributed by atoms with E-state index < -0.39 is 11.2 Å². The van der Waals surface area contributed by atoms with Crippen LogP contribution in [0, 0.1) is 0 Å². The van der Waals surface area contributed by atoms with Crippen LogP contribution in [0.3, 0.4) is 0 Å². The smallest absolute Gasteiger partial charge is 0.410 e. The molecule has 2 saturated heterocycles. The number of morpholine rings is 1. The predicted octanol–water partition coefficient (Wildman–Crippen LogP) is 1.53. The highest BCUT2D eigenvalue weighted by Crippen LogP contribution is 2.25. The van der Waals surface area contributed by atoms with Gasteiger partial charge in [0.15, 0.2) is 0 Å². The fraction of sp³-hybridized carbons (Fsp3) is 0.944. The molecule has 25 heavy (non-hydrogen) atoms. The van der Waals surface area contributed by atoms with E-state index in [9.17, 15) is 9.90 Å². The number of rotatable bonds is 5. The summed E-state index contributed by atoms with van der Waals surface area (Å²) in [6.07, 6.45) is 0.933. The van der Waals surface area contributed by atoms with E-state index in [0.717, 1.165) is 6.42 Å². The number of carbonyl (C=O) groups is 1. The molecule has 2 aliphatic heterocycles. The summed E-state index contributed by atoms with van der Waals surface area (Å²) in [7, 11) is 0. The number of amides is 1. The maximum absolute atomic E-state index is 12.4. The molecule has 0 aromatic rings. The summed E-state index contributed by atoms with van der Waals surface area (Å²) < 4.78 is 16.5. The highest BCUT2D eigenvalue weighted by molar-refractivity contribution is 5.68. The van der Waals surface area contributed by atoms with Gasteiger partial charge >= 0.3 is 6.09 Å². The molecule has 2 N–H and O–H groups in total. The summed E-state index contributed by atoms with van der Waals surface area (Å²) in [5.41, 5.74) is -1.33. The molecular weight excluding hydrogens is 324 g/mol. The van der Waals surface area contributed by atoms with Gasteiger partial charge in [0.05, 0.1) is 25.4 Å². The zero-order valence-corrected chi connectivity index (χ0v) is 16.2. The summed E-state index contributed by atoms with van der Waals surface area (Å²) >= 11 is 0. The molecule has 2 heterocycles. The normalized spacial score (nSPS) is 31.8. The van der Waals surface area contributed by atoms with Crippen LogP contribution in [0.2, 0.25) is 0 Å². The zero-order chi connectivity index (χ0) is 18.7. The molecular formula is C18H34N2O5. The molecule has 0 saturated carbocycles. The Kier molecular flexibility index (Phi) is 6.70. The Morgan fingerprint density at radius 3 is 2.76 bits per heavy atom. The van der Waals surface area contributed by atoms with Crippen LogP contribution >= 0.6 is 0 Å². The summed E-state index contributed by atoms with van der Waals surface area (Å²) in [5, 5.41) is 14.0. The molecule has 2 fully saturated rings. The number of nitrogens with zero attached hydrogens (tertiary/aromatic N) is 1. The molecule has 0 spiro atoms. The third kappa shape index (κ3) is 5.81. The van der Waals surface area contributed by atoms with Gasteiger partial charge in [0, 0.05) is 32.2 Å². The van der Waals surface area contributed by atoms with Crippen molar-refractivity contribution < 1.29 is 24.1 Å². The van der Waals surface area contributed by atoms with E-state index >= 15 is 0 Å². The zero-order valence-electron chi connectivity index (χ0n) is 16.2. The van der Waals surface area contributed by atoms with Gasteiger partial charge in [-0.05, 0) is 41.0 Å². The second-order valence-corrected chi connectivity index (χ2v) is 8.29. The Hall–Kier alpha value is -0.890. The van der Waals surface area contributed by atoms with Crippen molar-refractivity contribution in [2.75, 3.05) is 32.9 Å². The van der Waals surface area contributed by atoms with Crippen molar-refractivity contribution in [3.8, 4) is 0 Å². The van der Waals surface area contributed by atoms with Crippen molar-refractivity contribution in [1.82, 2.24) is 10.2 Å². The van der Waals surface area contributed by atoms with Gasteiger partial charge in [-0.3, -0.25) is 0 Å². The number of ether oxygens (including phenoxy) is 3. The Morgan fingerprint density at radius 2 is 2.16 bits per heavy atom. The fourth-order valence-electron chi connectivity index (χ4n) is 3.26. The van der Waals surface area contributed by atoms with E-state index in [0.29, 0.717) is 39.3 Å². The van der Waals surface area contributed by atoms with Crippen LogP contribution in [0.4, 0.5) is 4.79 Å². The number of hydrogen-bond donors (Lipinski definition) is 2. The van der Waals surface area contributed by atoms with Crippen LogP contribution < -0.4 is 5.32 Å². The summed E-state index contributed by atoms with van der Waals surface area (Å²) in [4.78, 5) is 14.2. The average Bonchev–Trinajstić information content (AvgIpc) is 2.84. The Bertz CT molecular complexity index is 453. The molecule has 7 nitrogen and oxygen atoms in total. The molecule has 4 atom stereocenters. The van der Waals surface area contributed by atoms with Crippen LogP contribution in [0.15, 0.2) is 0 Å². The Morgan fingerprint density at radius 1 is 1.44 bits per heavy atom. The van der Waals surface area contributed by atoms with Crippen LogP contribution in [0.5, 0.6) is 0 Å². The van der Waals surface area contributed by atoms with E-state index in [2.05, 4.69) is 12.2 Å². The van der Waals surface area contributed by atoms with Crippen LogP contribution in [0.1, 0.15) is 47.5 Å². The van der Waals surface area contributed by atoms with Crippen molar-refractivity contribution in [3.63, 3.8) is 0 Å². The Labute approximate surface area is 151 Å². The van der Waals surface area contributed by atoms with Crippen LogP contribution in [-0.2, 0) is 14.2 Å². The highest BCUT2D eigenvalue weighted by atomic mass is 16.6. The molecule has 0 aromatic heterocycles.